The molecule has 40 heavy (non-hydrogen) atoms. The van der Waals surface area contributed by atoms with E-state index in [2.05, 4.69) is 157 Å². The SMILES string of the molecule is C=CB(c1ccccc1)c1ccccc1.CCC=C[SiH](CC)C(c1ccccc1)(c1ccccc1)n1ccnc1. The Morgan fingerprint density at radius 2 is 1.23 bits per heavy atom. The molecule has 1 aromatic heterocycles. The van der Waals surface area contributed by atoms with Gasteiger partial charge in [-0.3, -0.25) is 0 Å². The van der Waals surface area contributed by atoms with Crippen molar-refractivity contribution in [3.63, 3.8) is 0 Å². The summed E-state index contributed by atoms with van der Waals surface area (Å²) < 4.78 is 2.33. The molecule has 4 heteroatoms. The van der Waals surface area contributed by atoms with Crippen LogP contribution in [0.1, 0.15) is 31.4 Å². The molecular weight excluding hydrogens is 499 g/mol. The first kappa shape index (κ1) is 28.8. The van der Waals surface area contributed by atoms with Crippen molar-refractivity contribution in [3.05, 3.63) is 176 Å². The Kier molecular flexibility index (Phi) is 10.7. The molecule has 0 aliphatic heterocycles. The van der Waals surface area contributed by atoms with E-state index in [1.807, 2.05) is 30.6 Å². The first-order chi connectivity index (χ1) is 19.7. The van der Waals surface area contributed by atoms with Crippen molar-refractivity contribution < 1.29 is 0 Å². The minimum Gasteiger partial charge on any atom is -0.326 e. The molecule has 0 amide bonds. The molecule has 0 radical (unpaired) electrons. The van der Waals surface area contributed by atoms with Crippen LogP contribution in [0.15, 0.2) is 164 Å². The van der Waals surface area contributed by atoms with Crippen LogP contribution in [-0.4, -0.2) is 25.1 Å². The molecule has 0 aliphatic rings. The lowest BCUT2D eigenvalue weighted by Gasteiger charge is -2.41. The molecule has 4 aromatic carbocycles. The van der Waals surface area contributed by atoms with Gasteiger partial charge in [0.05, 0.1) is 11.5 Å². The summed E-state index contributed by atoms with van der Waals surface area (Å²) in [6, 6.07) is 43.9. The number of allylic oxidation sites excluding steroid dienone is 1. The Bertz CT molecular complexity index is 1340. The van der Waals surface area contributed by atoms with Crippen LogP contribution < -0.4 is 10.9 Å². The number of aromatic nitrogens is 2. The lowest BCUT2D eigenvalue weighted by molar-refractivity contribution is 0.584. The van der Waals surface area contributed by atoms with Crippen molar-refractivity contribution in [3.8, 4) is 0 Å². The number of hydrogen-bond acceptors (Lipinski definition) is 1. The second kappa shape index (κ2) is 14.9. The van der Waals surface area contributed by atoms with E-state index < -0.39 is 8.80 Å². The minimum absolute atomic E-state index is 0.167. The number of rotatable bonds is 10. The first-order valence-corrected chi connectivity index (χ1v) is 16.3. The van der Waals surface area contributed by atoms with Crippen molar-refractivity contribution in [2.24, 2.45) is 0 Å². The van der Waals surface area contributed by atoms with Gasteiger partial charge in [0, 0.05) is 12.4 Å². The average molecular weight is 539 g/mol. The fourth-order valence-electron chi connectivity index (χ4n) is 5.59. The zero-order chi connectivity index (χ0) is 28.0. The molecule has 0 aliphatic carbocycles. The molecule has 0 saturated carbocycles. The van der Waals surface area contributed by atoms with Crippen LogP contribution in [0, 0.1) is 0 Å². The predicted molar refractivity (Wildman–Crippen MR) is 176 cm³/mol. The molecule has 0 spiro atoms. The number of nitrogens with zero attached hydrogens (tertiary/aromatic N) is 2. The highest BCUT2D eigenvalue weighted by atomic mass is 28.3. The van der Waals surface area contributed by atoms with Crippen molar-refractivity contribution in [2.75, 3.05) is 0 Å². The maximum absolute atomic E-state index is 4.40. The molecule has 2 nitrogen and oxygen atoms in total. The second-order valence-electron chi connectivity index (χ2n) is 9.85. The Morgan fingerprint density at radius 1 is 0.750 bits per heavy atom. The molecular formula is C36H39BN2Si. The second-order valence-corrected chi connectivity index (χ2v) is 13.1. The van der Waals surface area contributed by atoms with E-state index in [1.165, 1.54) is 28.1 Å². The predicted octanol–water partition coefficient (Wildman–Crippen LogP) is 6.99. The molecule has 5 aromatic rings. The maximum Gasteiger partial charge on any atom is 0.233 e. The highest BCUT2D eigenvalue weighted by Gasteiger charge is 2.42. The van der Waals surface area contributed by atoms with Crippen LogP contribution in [0.2, 0.25) is 6.04 Å². The van der Waals surface area contributed by atoms with E-state index in [1.54, 1.807) is 0 Å². The highest BCUT2D eigenvalue weighted by molar-refractivity contribution is 6.89. The van der Waals surface area contributed by atoms with E-state index in [-0.39, 0.29) is 5.16 Å². The van der Waals surface area contributed by atoms with Crippen molar-refractivity contribution in [2.45, 2.75) is 31.5 Å². The summed E-state index contributed by atoms with van der Waals surface area (Å²) in [4.78, 5) is 4.40. The van der Waals surface area contributed by atoms with Gasteiger partial charge < -0.3 is 4.57 Å². The average Bonchev–Trinajstić information content (AvgIpc) is 3.57. The van der Waals surface area contributed by atoms with Gasteiger partial charge in [0.25, 0.3) is 0 Å². The summed E-state index contributed by atoms with van der Waals surface area (Å²) in [5.41, 5.74) is 7.79. The third-order valence-corrected chi connectivity index (χ3v) is 11.1. The van der Waals surface area contributed by atoms with Crippen LogP contribution in [0.25, 0.3) is 0 Å². The fraction of sp³-hybridized carbons (Fsp3) is 0.139. The van der Waals surface area contributed by atoms with E-state index in [0.29, 0.717) is 6.71 Å². The van der Waals surface area contributed by atoms with Gasteiger partial charge in [0.2, 0.25) is 6.71 Å². The molecule has 1 unspecified atom stereocenters. The number of benzene rings is 4. The molecule has 0 fully saturated rings. The molecule has 0 N–H and O–H groups in total. The van der Waals surface area contributed by atoms with E-state index in [0.717, 1.165) is 6.42 Å². The minimum atomic E-state index is -1.38. The zero-order valence-electron chi connectivity index (χ0n) is 23.7. The largest absolute Gasteiger partial charge is 0.326 e. The van der Waals surface area contributed by atoms with Gasteiger partial charge in [-0.25, -0.2) is 4.98 Å². The van der Waals surface area contributed by atoms with Crippen molar-refractivity contribution in [1.82, 2.24) is 9.55 Å². The Morgan fingerprint density at radius 3 is 1.60 bits per heavy atom. The van der Waals surface area contributed by atoms with Crippen LogP contribution >= 0.6 is 0 Å². The fourth-order valence-corrected chi connectivity index (χ4v) is 9.11. The lowest BCUT2D eigenvalue weighted by atomic mass is 9.41. The summed E-state index contributed by atoms with van der Waals surface area (Å²) >= 11 is 0. The summed E-state index contributed by atoms with van der Waals surface area (Å²) in [7, 11) is -1.38. The maximum atomic E-state index is 4.40. The third kappa shape index (κ3) is 6.52. The summed E-state index contributed by atoms with van der Waals surface area (Å²) in [5, 5.41) is -0.167. The summed E-state index contributed by atoms with van der Waals surface area (Å²) in [6.45, 7) is 8.75. The van der Waals surface area contributed by atoms with E-state index in [4.69, 9.17) is 0 Å². The van der Waals surface area contributed by atoms with Gasteiger partial charge in [-0.1, -0.05) is 164 Å². The van der Waals surface area contributed by atoms with Crippen LogP contribution in [0.3, 0.4) is 0 Å². The first-order valence-electron chi connectivity index (χ1n) is 14.2. The van der Waals surface area contributed by atoms with E-state index in [9.17, 15) is 0 Å². The van der Waals surface area contributed by atoms with Gasteiger partial charge >= 0.3 is 0 Å². The summed E-state index contributed by atoms with van der Waals surface area (Å²) in [5.74, 6) is 1.99. The van der Waals surface area contributed by atoms with Gasteiger partial charge in [-0.2, -0.15) is 0 Å². The molecule has 1 heterocycles. The van der Waals surface area contributed by atoms with Crippen LogP contribution in [0.4, 0.5) is 0 Å². The molecule has 1 atom stereocenters. The topological polar surface area (TPSA) is 17.8 Å². The number of imidazole rings is 1. The lowest BCUT2D eigenvalue weighted by Crippen LogP contribution is -2.48. The Balaban J connectivity index is 0.000000210. The molecule has 0 saturated heterocycles. The van der Waals surface area contributed by atoms with Gasteiger partial charge in [0.1, 0.15) is 8.80 Å². The summed E-state index contributed by atoms with van der Waals surface area (Å²) in [6.07, 6.45) is 9.42. The monoisotopic (exact) mass is 538 g/mol. The van der Waals surface area contributed by atoms with Gasteiger partial charge in [0.15, 0.2) is 0 Å². The van der Waals surface area contributed by atoms with Crippen LogP contribution in [0.5, 0.6) is 0 Å². The normalized spacial score (nSPS) is 11.8. The molecule has 5 rings (SSSR count). The van der Waals surface area contributed by atoms with Crippen molar-refractivity contribution >= 4 is 26.4 Å². The Labute approximate surface area is 242 Å². The molecule has 0 bridgehead atoms. The van der Waals surface area contributed by atoms with Gasteiger partial charge in [-0.05, 0) is 17.5 Å². The Hall–Kier alpha value is -4.15. The molecule has 200 valence electrons. The van der Waals surface area contributed by atoms with Gasteiger partial charge in [-0.15, -0.1) is 12.6 Å². The standard InChI is InChI=1S/C22H26N2Si.C14H13B/c1-3-5-18-25(4-2)22(24-17-16-23-19-24,20-12-8-6-9-13-20)21-14-10-7-11-15-21;1-2-15(13-9-5-3-6-10-13)14-11-7-4-8-12-14/h5-19,25H,3-4H2,1-2H3;2-12H,1H2. The van der Waals surface area contributed by atoms with Crippen molar-refractivity contribution in [1.29, 1.82) is 0 Å². The third-order valence-electron chi connectivity index (χ3n) is 7.47. The van der Waals surface area contributed by atoms with E-state index >= 15 is 0 Å². The van der Waals surface area contributed by atoms with Crippen LogP contribution in [-0.2, 0) is 5.16 Å². The number of hydrogen-bond donors (Lipinski definition) is 0. The zero-order valence-corrected chi connectivity index (χ0v) is 24.8. The highest BCUT2D eigenvalue weighted by Crippen LogP contribution is 2.38. The quantitative estimate of drug-likeness (QED) is 0.175. The smallest absolute Gasteiger partial charge is 0.233 e.